The molecule has 3 aromatic rings. The predicted octanol–water partition coefficient (Wildman–Crippen LogP) is 3.03. The summed E-state index contributed by atoms with van der Waals surface area (Å²) < 4.78 is 0. The van der Waals surface area contributed by atoms with E-state index in [4.69, 9.17) is 11.6 Å². The monoisotopic (exact) mass is 283 g/mol. The number of hydrogen-bond donors (Lipinski definition) is 2. The lowest BCUT2D eigenvalue weighted by atomic mass is 9.94. The van der Waals surface area contributed by atoms with E-state index < -0.39 is 0 Å². The summed E-state index contributed by atoms with van der Waals surface area (Å²) in [6, 6.07) is 17.1. The van der Waals surface area contributed by atoms with E-state index in [-0.39, 0.29) is 0 Å². The molecule has 0 bridgehead atoms. The van der Waals surface area contributed by atoms with Crippen molar-refractivity contribution in [3.8, 4) is 0 Å². The Kier molecular flexibility index (Phi) is 2.79. The fraction of sp³-hybridized carbons (Fsp3) is 0.176. The molecule has 1 aliphatic rings. The summed E-state index contributed by atoms with van der Waals surface area (Å²) in [6.07, 6.45) is 1.13. The summed E-state index contributed by atoms with van der Waals surface area (Å²) in [6.45, 7) is 1.13. The minimum atomic E-state index is 0.350. The number of rotatable bonds is 1. The van der Waals surface area contributed by atoms with Gasteiger partial charge in [-0.15, -0.1) is 0 Å². The highest BCUT2D eigenvalue weighted by Crippen LogP contribution is 2.30. The molecule has 0 unspecified atom stereocenters. The van der Waals surface area contributed by atoms with Crippen LogP contribution in [-0.4, -0.2) is 11.5 Å². The predicted molar refractivity (Wildman–Crippen MR) is 82.1 cm³/mol. The second-order valence-electron chi connectivity index (χ2n) is 5.37. The number of nitrogens with two attached hydrogens (primary N) is 1. The van der Waals surface area contributed by atoms with Crippen LogP contribution < -0.4 is 5.32 Å². The van der Waals surface area contributed by atoms with E-state index in [1.165, 1.54) is 27.7 Å². The molecule has 0 spiro atoms. The normalized spacial score (nSPS) is 18.1. The van der Waals surface area contributed by atoms with Gasteiger partial charge in [0.1, 0.15) is 0 Å². The molecule has 20 heavy (non-hydrogen) atoms. The van der Waals surface area contributed by atoms with E-state index in [0.29, 0.717) is 6.04 Å². The second-order valence-corrected chi connectivity index (χ2v) is 5.80. The number of halogens is 1. The Morgan fingerprint density at radius 1 is 1.05 bits per heavy atom. The molecular weight excluding hydrogens is 268 g/mol. The molecule has 1 aliphatic heterocycles. The molecule has 0 radical (unpaired) electrons. The SMILES string of the molecule is Clc1ccc([C@@H]2[NH2+]CCc3c2[nH]c2ccccc32)cc1. The number of fused-ring (bicyclic) bond motifs is 3. The number of nitrogens with one attached hydrogen (secondary N) is 1. The van der Waals surface area contributed by atoms with Crippen LogP contribution in [0.3, 0.4) is 0 Å². The van der Waals surface area contributed by atoms with Crippen molar-refractivity contribution in [1.29, 1.82) is 0 Å². The quantitative estimate of drug-likeness (QED) is 0.688. The molecule has 4 rings (SSSR count). The van der Waals surface area contributed by atoms with Crippen molar-refractivity contribution in [2.45, 2.75) is 12.5 Å². The number of aromatic amines is 1. The fourth-order valence-electron chi connectivity index (χ4n) is 3.24. The van der Waals surface area contributed by atoms with Gasteiger partial charge in [-0.05, 0) is 23.8 Å². The Morgan fingerprint density at radius 3 is 2.70 bits per heavy atom. The largest absolute Gasteiger partial charge is 0.353 e. The van der Waals surface area contributed by atoms with Crippen LogP contribution in [0, 0.1) is 0 Å². The van der Waals surface area contributed by atoms with Gasteiger partial charge in [-0.2, -0.15) is 0 Å². The second kappa shape index (κ2) is 4.65. The number of aromatic nitrogens is 1. The zero-order valence-corrected chi connectivity index (χ0v) is 11.8. The summed E-state index contributed by atoms with van der Waals surface area (Å²) in [7, 11) is 0. The van der Waals surface area contributed by atoms with Crippen LogP contribution in [0.2, 0.25) is 5.02 Å². The molecule has 0 aliphatic carbocycles. The van der Waals surface area contributed by atoms with E-state index in [0.717, 1.165) is 18.0 Å². The maximum absolute atomic E-state index is 6.00. The van der Waals surface area contributed by atoms with Crippen LogP contribution in [0.5, 0.6) is 0 Å². The molecule has 0 saturated carbocycles. The van der Waals surface area contributed by atoms with Crippen LogP contribution >= 0.6 is 11.6 Å². The maximum Gasteiger partial charge on any atom is 0.153 e. The number of para-hydroxylation sites is 1. The Morgan fingerprint density at radius 2 is 1.85 bits per heavy atom. The average molecular weight is 284 g/mol. The van der Waals surface area contributed by atoms with E-state index in [2.05, 4.69) is 46.7 Å². The van der Waals surface area contributed by atoms with Gasteiger partial charge in [0.2, 0.25) is 0 Å². The first-order valence-corrected chi connectivity index (χ1v) is 7.39. The molecule has 2 heterocycles. The smallest absolute Gasteiger partial charge is 0.153 e. The molecule has 1 atom stereocenters. The Bertz CT molecular complexity index is 758. The highest BCUT2D eigenvalue weighted by Gasteiger charge is 2.28. The maximum atomic E-state index is 6.00. The molecule has 2 aromatic carbocycles. The van der Waals surface area contributed by atoms with Gasteiger partial charge in [-0.3, -0.25) is 0 Å². The van der Waals surface area contributed by atoms with Crippen molar-refractivity contribution in [1.82, 2.24) is 4.98 Å². The van der Waals surface area contributed by atoms with Gasteiger partial charge in [0.25, 0.3) is 0 Å². The Balaban J connectivity index is 1.87. The zero-order valence-electron chi connectivity index (χ0n) is 11.1. The molecule has 1 aromatic heterocycles. The Labute approximate surface area is 122 Å². The van der Waals surface area contributed by atoms with E-state index in [1.807, 2.05) is 12.1 Å². The molecule has 0 fully saturated rings. The van der Waals surface area contributed by atoms with Crippen LogP contribution in [0.4, 0.5) is 0 Å². The summed E-state index contributed by atoms with van der Waals surface area (Å²) in [5, 5.41) is 4.57. The van der Waals surface area contributed by atoms with Crippen LogP contribution in [0.25, 0.3) is 10.9 Å². The molecular formula is C17H16ClN2+. The van der Waals surface area contributed by atoms with Crippen molar-refractivity contribution in [2.24, 2.45) is 0 Å². The third kappa shape index (κ3) is 1.84. The minimum absolute atomic E-state index is 0.350. The Hall–Kier alpha value is -1.77. The topological polar surface area (TPSA) is 32.4 Å². The summed E-state index contributed by atoms with van der Waals surface area (Å²) in [5.41, 5.74) is 5.37. The third-order valence-electron chi connectivity index (χ3n) is 4.18. The van der Waals surface area contributed by atoms with Crippen LogP contribution in [-0.2, 0) is 6.42 Å². The van der Waals surface area contributed by atoms with Gasteiger partial charge < -0.3 is 10.3 Å². The lowest BCUT2D eigenvalue weighted by Gasteiger charge is -2.21. The molecule has 100 valence electrons. The molecule has 0 amide bonds. The summed E-state index contributed by atoms with van der Waals surface area (Å²) >= 11 is 6.00. The molecule has 0 saturated heterocycles. The van der Waals surface area contributed by atoms with Crippen molar-refractivity contribution in [3.63, 3.8) is 0 Å². The van der Waals surface area contributed by atoms with Crippen molar-refractivity contribution >= 4 is 22.5 Å². The first-order chi connectivity index (χ1) is 9.83. The minimum Gasteiger partial charge on any atom is -0.353 e. The first-order valence-electron chi connectivity index (χ1n) is 7.01. The van der Waals surface area contributed by atoms with Gasteiger partial charge in [0.05, 0.1) is 12.2 Å². The van der Waals surface area contributed by atoms with Gasteiger partial charge in [0.15, 0.2) is 6.04 Å². The lowest BCUT2D eigenvalue weighted by Crippen LogP contribution is -2.87. The van der Waals surface area contributed by atoms with Crippen molar-refractivity contribution in [3.05, 3.63) is 70.4 Å². The van der Waals surface area contributed by atoms with Crippen molar-refractivity contribution < 1.29 is 5.32 Å². The number of hydrogen-bond acceptors (Lipinski definition) is 0. The highest BCUT2D eigenvalue weighted by atomic mass is 35.5. The average Bonchev–Trinajstić information content (AvgIpc) is 2.87. The van der Waals surface area contributed by atoms with E-state index in [1.54, 1.807) is 0 Å². The van der Waals surface area contributed by atoms with Gasteiger partial charge >= 0.3 is 0 Å². The van der Waals surface area contributed by atoms with E-state index >= 15 is 0 Å². The summed E-state index contributed by atoms with van der Waals surface area (Å²) in [5.74, 6) is 0. The fourth-order valence-corrected chi connectivity index (χ4v) is 3.37. The zero-order chi connectivity index (χ0) is 13.5. The van der Waals surface area contributed by atoms with Crippen LogP contribution in [0.15, 0.2) is 48.5 Å². The van der Waals surface area contributed by atoms with E-state index in [9.17, 15) is 0 Å². The summed E-state index contributed by atoms with van der Waals surface area (Å²) in [4.78, 5) is 3.61. The van der Waals surface area contributed by atoms with Crippen molar-refractivity contribution in [2.75, 3.05) is 6.54 Å². The standard InChI is InChI=1S/C17H15ClN2/c18-12-7-5-11(6-8-12)16-17-14(9-10-19-16)13-3-1-2-4-15(13)20-17/h1-8,16,19-20H,9-10H2/p+1/t16-/m0/s1. The molecule has 3 N–H and O–H groups in total. The highest BCUT2D eigenvalue weighted by molar-refractivity contribution is 6.30. The van der Waals surface area contributed by atoms with Gasteiger partial charge in [-0.1, -0.05) is 41.9 Å². The third-order valence-corrected chi connectivity index (χ3v) is 4.44. The molecule has 2 nitrogen and oxygen atoms in total. The number of quaternary nitrogens is 1. The van der Waals surface area contributed by atoms with Gasteiger partial charge in [0, 0.05) is 27.9 Å². The molecule has 3 heteroatoms. The first kappa shape index (κ1) is 12.0. The number of H-pyrrole nitrogens is 1. The lowest BCUT2D eigenvalue weighted by molar-refractivity contribution is -0.690. The van der Waals surface area contributed by atoms with Crippen LogP contribution in [0.1, 0.15) is 22.9 Å². The number of benzene rings is 2. The van der Waals surface area contributed by atoms with Gasteiger partial charge in [-0.25, -0.2) is 0 Å².